The normalized spacial score (nSPS) is 10.7. The fraction of sp³-hybridized carbons (Fsp3) is 0.125. The van der Waals surface area contributed by atoms with Crippen molar-refractivity contribution in [3.8, 4) is 0 Å². The van der Waals surface area contributed by atoms with E-state index in [1.54, 1.807) is 13.0 Å². The second-order valence-corrected chi connectivity index (χ2v) is 3.21. The van der Waals surface area contributed by atoms with Gasteiger partial charge in [-0.3, -0.25) is 0 Å². The number of halogens is 1. The van der Waals surface area contributed by atoms with Gasteiger partial charge in [-0.2, -0.15) is 5.10 Å². The van der Waals surface area contributed by atoms with Crippen LogP contribution in [0.5, 0.6) is 0 Å². The summed E-state index contributed by atoms with van der Waals surface area (Å²) in [5, 5.41) is 13.0. The van der Waals surface area contributed by atoms with E-state index in [-0.39, 0.29) is 10.8 Å². The summed E-state index contributed by atoms with van der Waals surface area (Å²) in [6.07, 6.45) is 0. The predicted molar refractivity (Wildman–Crippen MR) is 49.7 cm³/mol. The van der Waals surface area contributed by atoms with Crippen LogP contribution in [0.1, 0.15) is 16.2 Å². The average Bonchev–Trinajstić information content (AvgIpc) is 2.45. The standard InChI is InChI=1S/C8H6ClN3O2/c1-4-2-7-10-5(8(13)14)3-6(9)12(7)11-4/h2-3H,1H3,(H,13,14). The van der Waals surface area contributed by atoms with Crippen LogP contribution in [-0.2, 0) is 0 Å². The summed E-state index contributed by atoms with van der Waals surface area (Å²) in [5.41, 5.74) is 1.09. The second kappa shape index (κ2) is 2.95. The molecule has 1 N–H and O–H groups in total. The first-order valence-electron chi connectivity index (χ1n) is 3.84. The lowest BCUT2D eigenvalue weighted by Crippen LogP contribution is -2.03. The molecule has 14 heavy (non-hydrogen) atoms. The Morgan fingerprint density at radius 3 is 2.93 bits per heavy atom. The van der Waals surface area contributed by atoms with Gasteiger partial charge >= 0.3 is 5.97 Å². The van der Waals surface area contributed by atoms with Gasteiger partial charge in [0.1, 0.15) is 5.15 Å². The van der Waals surface area contributed by atoms with Gasteiger partial charge in [0.05, 0.1) is 5.69 Å². The second-order valence-electron chi connectivity index (χ2n) is 2.82. The highest BCUT2D eigenvalue weighted by Gasteiger charge is 2.10. The fourth-order valence-electron chi connectivity index (χ4n) is 1.16. The molecular formula is C8H6ClN3O2. The molecule has 0 unspecified atom stereocenters. The number of rotatable bonds is 1. The number of aromatic carboxylic acids is 1. The van der Waals surface area contributed by atoms with E-state index in [4.69, 9.17) is 16.7 Å². The summed E-state index contributed by atoms with van der Waals surface area (Å²) in [5.74, 6) is -1.10. The first-order chi connectivity index (χ1) is 6.58. The van der Waals surface area contributed by atoms with Crippen LogP contribution in [-0.4, -0.2) is 25.7 Å². The quantitative estimate of drug-likeness (QED) is 0.724. The molecule has 0 radical (unpaired) electrons. The van der Waals surface area contributed by atoms with Crippen molar-refractivity contribution in [1.29, 1.82) is 0 Å². The lowest BCUT2D eigenvalue weighted by atomic mass is 10.4. The van der Waals surface area contributed by atoms with Gasteiger partial charge in [-0.15, -0.1) is 0 Å². The van der Waals surface area contributed by atoms with Crippen LogP contribution in [0.4, 0.5) is 0 Å². The maximum absolute atomic E-state index is 10.7. The Hall–Kier alpha value is -1.62. The molecule has 0 bridgehead atoms. The molecule has 0 aromatic carbocycles. The smallest absolute Gasteiger partial charge is 0.354 e. The highest BCUT2D eigenvalue weighted by Crippen LogP contribution is 2.13. The highest BCUT2D eigenvalue weighted by atomic mass is 35.5. The third kappa shape index (κ3) is 1.31. The van der Waals surface area contributed by atoms with Crippen molar-refractivity contribution in [3.05, 3.63) is 28.7 Å². The van der Waals surface area contributed by atoms with Crippen molar-refractivity contribution in [2.45, 2.75) is 6.92 Å². The van der Waals surface area contributed by atoms with Gasteiger partial charge in [0.25, 0.3) is 0 Å². The van der Waals surface area contributed by atoms with Crippen LogP contribution in [0.2, 0.25) is 5.15 Å². The number of hydrogen-bond acceptors (Lipinski definition) is 3. The number of fused-ring (bicyclic) bond motifs is 1. The Kier molecular flexibility index (Phi) is 1.89. The zero-order chi connectivity index (χ0) is 10.3. The lowest BCUT2D eigenvalue weighted by molar-refractivity contribution is 0.0690. The molecule has 5 nitrogen and oxygen atoms in total. The molecule has 0 spiro atoms. The van der Waals surface area contributed by atoms with Crippen molar-refractivity contribution in [3.63, 3.8) is 0 Å². The number of carboxylic acid groups (broad SMARTS) is 1. The van der Waals surface area contributed by atoms with Gasteiger partial charge in [-0.05, 0) is 6.92 Å². The summed E-state index contributed by atoms with van der Waals surface area (Å²) < 4.78 is 1.39. The molecule has 0 saturated heterocycles. The third-order valence-corrected chi connectivity index (χ3v) is 1.99. The molecule has 2 aromatic heterocycles. The number of aryl methyl sites for hydroxylation is 1. The monoisotopic (exact) mass is 211 g/mol. The van der Waals surface area contributed by atoms with Gasteiger partial charge < -0.3 is 5.11 Å². The fourth-order valence-corrected chi connectivity index (χ4v) is 1.39. The predicted octanol–water partition coefficient (Wildman–Crippen LogP) is 1.39. The first-order valence-corrected chi connectivity index (χ1v) is 4.22. The first kappa shape index (κ1) is 8.96. The van der Waals surface area contributed by atoms with Gasteiger partial charge in [-0.25, -0.2) is 14.3 Å². The molecular weight excluding hydrogens is 206 g/mol. The molecule has 6 heteroatoms. The maximum atomic E-state index is 10.7. The Balaban J connectivity index is 2.77. The highest BCUT2D eigenvalue weighted by molar-refractivity contribution is 6.30. The maximum Gasteiger partial charge on any atom is 0.354 e. The van der Waals surface area contributed by atoms with E-state index in [0.717, 1.165) is 5.69 Å². The van der Waals surface area contributed by atoms with Crippen LogP contribution in [0.25, 0.3) is 5.65 Å². The van der Waals surface area contributed by atoms with Crippen molar-refractivity contribution in [1.82, 2.24) is 14.6 Å². The third-order valence-electron chi connectivity index (χ3n) is 1.73. The summed E-state index contributed by atoms with van der Waals surface area (Å²) in [6, 6.07) is 2.93. The summed E-state index contributed by atoms with van der Waals surface area (Å²) in [6.45, 7) is 1.78. The molecule has 0 amide bonds. The molecule has 2 aromatic rings. The lowest BCUT2D eigenvalue weighted by Gasteiger charge is -1.97. The zero-order valence-corrected chi connectivity index (χ0v) is 7.99. The Bertz CT molecular complexity index is 521. The molecule has 0 aliphatic heterocycles. The summed E-state index contributed by atoms with van der Waals surface area (Å²) >= 11 is 5.82. The minimum atomic E-state index is -1.10. The van der Waals surface area contributed by atoms with Crippen LogP contribution in [0.3, 0.4) is 0 Å². The van der Waals surface area contributed by atoms with Crippen molar-refractivity contribution >= 4 is 23.2 Å². The molecule has 0 aliphatic carbocycles. The van der Waals surface area contributed by atoms with E-state index < -0.39 is 5.97 Å². The SMILES string of the molecule is Cc1cc2nc(C(=O)O)cc(Cl)n2n1. The molecule has 0 fully saturated rings. The average molecular weight is 212 g/mol. The van der Waals surface area contributed by atoms with Crippen LogP contribution < -0.4 is 0 Å². The van der Waals surface area contributed by atoms with E-state index in [0.29, 0.717) is 5.65 Å². The zero-order valence-electron chi connectivity index (χ0n) is 7.23. The van der Waals surface area contributed by atoms with Gasteiger partial charge in [0.15, 0.2) is 11.3 Å². The van der Waals surface area contributed by atoms with Gasteiger partial charge in [-0.1, -0.05) is 11.6 Å². The van der Waals surface area contributed by atoms with Crippen molar-refractivity contribution in [2.24, 2.45) is 0 Å². The Morgan fingerprint density at radius 1 is 1.57 bits per heavy atom. The Labute approximate surface area is 83.9 Å². The summed E-state index contributed by atoms with van der Waals surface area (Å²) in [4.78, 5) is 14.5. The molecule has 2 rings (SSSR count). The Morgan fingerprint density at radius 2 is 2.29 bits per heavy atom. The van der Waals surface area contributed by atoms with E-state index in [2.05, 4.69) is 10.1 Å². The van der Waals surface area contributed by atoms with Crippen LogP contribution in [0.15, 0.2) is 12.1 Å². The van der Waals surface area contributed by atoms with Crippen molar-refractivity contribution < 1.29 is 9.90 Å². The van der Waals surface area contributed by atoms with Gasteiger partial charge in [0, 0.05) is 12.1 Å². The molecule has 2 heterocycles. The van der Waals surface area contributed by atoms with E-state index in [1.165, 1.54) is 10.6 Å². The number of hydrogen-bond donors (Lipinski definition) is 1. The summed E-state index contributed by atoms with van der Waals surface area (Å²) in [7, 11) is 0. The molecule has 72 valence electrons. The minimum Gasteiger partial charge on any atom is -0.477 e. The van der Waals surface area contributed by atoms with Crippen LogP contribution in [0, 0.1) is 6.92 Å². The number of carbonyl (C=O) groups is 1. The molecule has 0 saturated carbocycles. The van der Waals surface area contributed by atoms with E-state index >= 15 is 0 Å². The molecule has 0 aliphatic rings. The molecule has 0 atom stereocenters. The van der Waals surface area contributed by atoms with Crippen molar-refractivity contribution in [2.75, 3.05) is 0 Å². The van der Waals surface area contributed by atoms with E-state index in [9.17, 15) is 4.79 Å². The largest absolute Gasteiger partial charge is 0.477 e. The number of nitrogens with zero attached hydrogens (tertiary/aromatic N) is 3. The van der Waals surface area contributed by atoms with E-state index in [1.807, 2.05) is 0 Å². The van der Waals surface area contributed by atoms with Crippen LogP contribution >= 0.6 is 11.6 Å². The topological polar surface area (TPSA) is 67.5 Å². The minimum absolute atomic E-state index is 0.0811. The van der Waals surface area contributed by atoms with Gasteiger partial charge in [0.2, 0.25) is 0 Å². The number of carboxylic acids is 1. The number of aromatic nitrogens is 3.